The number of carboxylic acids is 1. The van der Waals surface area contributed by atoms with Gasteiger partial charge in [0.15, 0.2) is 0 Å². The van der Waals surface area contributed by atoms with Crippen molar-refractivity contribution in [2.45, 2.75) is 31.2 Å². The number of aliphatic carboxylic acids is 1. The zero-order chi connectivity index (χ0) is 10.0. The molecule has 0 amide bonds. The summed E-state index contributed by atoms with van der Waals surface area (Å²) in [5, 5.41) is 9.31. The molecule has 0 saturated carbocycles. The highest BCUT2D eigenvalue weighted by molar-refractivity contribution is 5.80. The molecule has 2 atom stereocenters. The molecule has 1 fully saturated rings. The maximum atomic E-state index is 11.3. The number of carbonyl (C=O) groups is 1. The van der Waals surface area contributed by atoms with Crippen LogP contribution in [0.15, 0.2) is 12.2 Å². The van der Waals surface area contributed by atoms with Crippen molar-refractivity contribution in [1.29, 1.82) is 0 Å². The molecule has 3 N–H and O–H groups in total. The Morgan fingerprint density at radius 1 is 1.57 bits per heavy atom. The first-order chi connectivity index (χ1) is 6.76. The normalized spacial score (nSPS) is 37.3. The number of hydrogen-bond acceptors (Lipinski definition) is 3. The highest BCUT2D eigenvalue weighted by atomic mass is 16.4. The summed E-state index contributed by atoms with van der Waals surface area (Å²) in [7, 11) is 0. The molecule has 1 heterocycles. The van der Waals surface area contributed by atoms with Crippen molar-refractivity contribution in [2.75, 3.05) is 6.54 Å². The molecular formula is C10H16N2O2. The van der Waals surface area contributed by atoms with Gasteiger partial charge in [-0.15, -0.1) is 0 Å². The fourth-order valence-electron chi connectivity index (χ4n) is 2.37. The number of hydrazine groups is 1. The first kappa shape index (κ1) is 9.68. The SMILES string of the molecule is O=C(O)C12CCC=CC1CCCNN2. The Balaban J connectivity index is 2.29. The molecule has 1 aliphatic carbocycles. The minimum absolute atomic E-state index is 0.128. The van der Waals surface area contributed by atoms with Crippen LogP contribution in [-0.2, 0) is 4.79 Å². The van der Waals surface area contributed by atoms with Crippen LogP contribution < -0.4 is 10.9 Å². The van der Waals surface area contributed by atoms with E-state index in [2.05, 4.69) is 23.0 Å². The van der Waals surface area contributed by atoms with E-state index >= 15 is 0 Å². The van der Waals surface area contributed by atoms with Gasteiger partial charge in [0.1, 0.15) is 5.54 Å². The summed E-state index contributed by atoms with van der Waals surface area (Å²) in [6.45, 7) is 0.847. The Morgan fingerprint density at radius 2 is 2.43 bits per heavy atom. The Kier molecular flexibility index (Phi) is 2.56. The first-order valence-corrected chi connectivity index (χ1v) is 5.16. The zero-order valence-electron chi connectivity index (χ0n) is 8.12. The van der Waals surface area contributed by atoms with Crippen molar-refractivity contribution in [3.8, 4) is 0 Å². The molecule has 0 aromatic carbocycles. The third-order valence-electron chi connectivity index (χ3n) is 3.22. The molecule has 78 valence electrons. The molecule has 14 heavy (non-hydrogen) atoms. The van der Waals surface area contributed by atoms with Crippen LogP contribution in [0.1, 0.15) is 25.7 Å². The second kappa shape index (κ2) is 3.71. The Hall–Kier alpha value is -0.870. The second-order valence-electron chi connectivity index (χ2n) is 4.04. The number of fused-ring (bicyclic) bond motifs is 1. The number of carboxylic acid groups (broad SMARTS) is 1. The molecular weight excluding hydrogens is 180 g/mol. The van der Waals surface area contributed by atoms with Crippen molar-refractivity contribution in [3.05, 3.63) is 12.2 Å². The van der Waals surface area contributed by atoms with E-state index in [1.807, 2.05) is 0 Å². The smallest absolute Gasteiger partial charge is 0.325 e. The summed E-state index contributed by atoms with van der Waals surface area (Å²) >= 11 is 0. The fourth-order valence-corrected chi connectivity index (χ4v) is 2.37. The van der Waals surface area contributed by atoms with Crippen LogP contribution >= 0.6 is 0 Å². The molecule has 2 unspecified atom stereocenters. The third-order valence-corrected chi connectivity index (χ3v) is 3.22. The maximum Gasteiger partial charge on any atom is 0.325 e. The van der Waals surface area contributed by atoms with Crippen molar-refractivity contribution in [2.24, 2.45) is 5.92 Å². The van der Waals surface area contributed by atoms with E-state index in [4.69, 9.17) is 0 Å². The maximum absolute atomic E-state index is 11.3. The average molecular weight is 196 g/mol. The van der Waals surface area contributed by atoms with Gasteiger partial charge in [0.05, 0.1) is 0 Å². The largest absolute Gasteiger partial charge is 0.480 e. The van der Waals surface area contributed by atoms with Crippen molar-refractivity contribution in [1.82, 2.24) is 10.9 Å². The first-order valence-electron chi connectivity index (χ1n) is 5.16. The quantitative estimate of drug-likeness (QED) is 0.539. The van der Waals surface area contributed by atoms with E-state index in [9.17, 15) is 9.90 Å². The minimum Gasteiger partial charge on any atom is -0.480 e. The van der Waals surface area contributed by atoms with Crippen molar-refractivity contribution >= 4 is 5.97 Å². The lowest BCUT2D eigenvalue weighted by atomic mass is 9.75. The molecule has 4 nitrogen and oxygen atoms in total. The topological polar surface area (TPSA) is 61.4 Å². The summed E-state index contributed by atoms with van der Waals surface area (Å²) in [5.74, 6) is -0.606. The summed E-state index contributed by atoms with van der Waals surface area (Å²) in [5.41, 5.74) is 5.23. The lowest BCUT2D eigenvalue weighted by Gasteiger charge is -2.36. The average Bonchev–Trinajstić information content (AvgIpc) is 2.40. The van der Waals surface area contributed by atoms with E-state index in [1.54, 1.807) is 0 Å². The Morgan fingerprint density at radius 3 is 3.21 bits per heavy atom. The van der Waals surface area contributed by atoms with Crippen molar-refractivity contribution < 1.29 is 9.90 Å². The van der Waals surface area contributed by atoms with Crippen LogP contribution in [0, 0.1) is 5.92 Å². The van der Waals surface area contributed by atoms with Gasteiger partial charge in [0.2, 0.25) is 0 Å². The predicted octanol–water partition coefficient (Wildman–Crippen LogP) is 0.664. The van der Waals surface area contributed by atoms with E-state index in [-0.39, 0.29) is 5.92 Å². The van der Waals surface area contributed by atoms with Crippen LogP contribution in [0.4, 0.5) is 0 Å². The highest BCUT2D eigenvalue weighted by Crippen LogP contribution is 2.33. The van der Waals surface area contributed by atoms with Gasteiger partial charge < -0.3 is 5.11 Å². The highest BCUT2D eigenvalue weighted by Gasteiger charge is 2.46. The van der Waals surface area contributed by atoms with Crippen LogP contribution in [-0.4, -0.2) is 23.2 Å². The van der Waals surface area contributed by atoms with Crippen LogP contribution in [0.25, 0.3) is 0 Å². The van der Waals surface area contributed by atoms with E-state index in [0.717, 1.165) is 25.8 Å². The lowest BCUT2D eigenvalue weighted by molar-refractivity contribution is -0.147. The summed E-state index contributed by atoms with van der Waals surface area (Å²) in [6.07, 6.45) is 7.64. The predicted molar refractivity (Wildman–Crippen MR) is 52.6 cm³/mol. The molecule has 1 aliphatic heterocycles. The molecule has 0 aromatic heterocycles. The van der Waals surface area contributed by atoms with E-state index in [1.165, 1.54) is 0 Å². The number of allylic oxidation sites excluding steroid dienone is 1. The van der Waals surface area contributed by atoms with Crippen LogP contribution in [0.2, 0.25) is 0 Å². The van der Waals surface area contributed by atoms with E-state index in [0.29, 0.717) is 6.42 Å². The summed E-state index contributed by atoms with van der Waals surface area (Å²) in [4.78, 5) is 11.3. The van der Waals surface area contributed by atoms with Gasteiger partial charge in [-0.3, -0.25) is 10.2 Å². The minimum atomic E-state index is -0.773. The third kappa shape index (κ3) is 1.44. The van der Waals surface area contributed by atoms with Gasteiger partial charge in [-0.2, -0.15) is 0 Å². The molecule has 4 heteroatoms. The van der Waals surface area contributed by atoms with Gasteiger partial charge in [-0.1, -0.05) is 12.2 Å². The second-order valence-corrected chi connectivity index (χ2v) is 4.04. The van der Waals surface area contributed by atoms with E-state index < -0.39 is 11.5 Å². The summed E-state index contributed by atoms with van der Waals surface area (Å²) in [6, 6.07) is 0. The van der Waals surface area contributed by atoms with Crippen LogP contribution in [0.5, 0.6) is 0 Å². The molecule has 0 bridgehead atoms. The standard InChI is InChI=1S/C10H16N2O2/c13-9(14)10-6-2-1-4-8(10)5-3-7-11-12-10/h1,4,8,11-12H,2-3,5-7H2,(H,13,14). The van der Waals surface area contributed by atoms with Gasteiger partial charge in [-0.25, -0.2) is 5.43 Å². The Bertz CT molecular complexity index is 265. The molecule has 0 radical (unpaired) electrons. The number of nitrogens with one attached hydrogen (secondary N) is 2. The van der Waals surface area contributed by atoms with Gasteiger partial charge in [-0.05, 0) is 25.7 Å². The van der Waals surface area contributed by atoms with Gasteiger partial charge in [0, 0.05) is 12.5 Å². The van der Waals surface area contributed by atoms with Gasteiger partial charge >= 0.3 is 5.97 Å². The summed E-state index contributed by atoms with van der Waals surface area (Å²) < 4.78 is 0. The lowest BCUT2D eigenvalue weighted by Crippen LogP contribution is -2.60. The molecule has 1 saturated heterocycles. The number of rotatable bonds is 1. The molecule has 0 aromatic rings. The molecule has 2 aliphatic rings. The number of hydrogen-bond donors (Lipinski definition) is 3. The monoisotopic (exact) mass is 196 g/mol. The Labute approximate surface area is 83.3 Å². The zero-order valence-corrected chi connectivity index (χ0v) is 8.12. The van der Waals surface area contributed by atoms with Crippen LogP contribution in [0.3, 0.4) is 0 Å². The van der Waals surface area contributed by atoms with Gasteiger partial charge in [0.25, 0.3) is 0 Å². The van der Waals surface area contributed by atoms with Crippen molar-refractivity contribution in [3.63, 3.8) is 0 Å². The molecule has 2 rings (SSSR count). The fraction of sp³-hybridized carbons (Fsp3) is 0.700. The molecule has 0 spiro atoms.